The normalized spacial score (nSPS) is 14.2. The van der Waals surface area contributed by atoms with Crippen LogP contribution in [0.25, 0.3) is 0 Å². The van der Waals surface area contributed by atoms with Crippen LogP contribution in [0.2, 0.25) is 0 Å². The summed E-state index contributed by atoms with van der Waals surface area (Å²) in [7, 11) is -1.16. The Morgan fingerprint density at radius 2 is 2.00 bits per heavy atom. The first-order valence-corrected chi connectivity index (χ1v) is 8.50. The highest BCUT2D eigenvalue weighted by Gasteiger charge is 2.41. The van der Waals surface area contributed by atoms with Crippen LogP contribution in [0.3, 0.4) is 0 Å². The van der Waals surface area contributed by atoms with Crippen molar-refractivity contribution in [2.45, 2.75) is 26.2 Å². The van der Waals surface area contributed by atoms with E-state index in [0.717, 1.165) is 10.2 Å². The second-order valence-electron chi connectivity index (χ2n) is 4.93. The second kappa shape index (κ2) is 6.91. The minimum Gasteiger partial charge on any atom is -0.481 e. The SMILES string of the molecule is CCC(C)C(C(=O)O)c1nc(OC)cc(OC)[n+]1S(C)(=O)=O. The quantitative estimate of drug-likeness (QED) is 0.720. The average Bonchev–Trinajstić information content (AvgIpc) is 2.44. The molecule has 9 heteroatoms. The third-order valence-corrected chi connectivity index (χ3v) is 4.42. The molecule has 1 heterocycles. The van der Waals surface area contributed by atoms with Crippen LogP contribution in [-0.2, 0) is 14.8 Å². The molecule has 0 aromatic carbocycles. The Hall–Kier alpha value is -1.90. The Kier molecular flexibility index (Phi) is 5.70. The molecule has 2 unspecified atom stereocenters. The molecule has 8 nitrogen and oxygen atoms in total. The van der Waals surface area contributed by atoms with Crippen LogP contribution in [-0.4, -0.2) is 45.0 Å². The van der Waals surface area contributed by atoms with Gasteiger partial charge in [0.25, 0.3) is 0 Å². The molecule has 1 aromatic rings. The van der Waals surface area contributed by atoms with Gasteiger partial charge in [-0.2, -0.15) is 8.42 Å². The number of carboxylic acid groups (broad SMARTS) is 1. The van der Waals surface area contributed by atoms with Gasteiger partial charge in [0.05, 0.1) is 20.5 Å². The zero-order valence-electron chi connectivity index (χ0n) is 13.2. The number of ether oxygens (including phenoxy) is 2. The smallest absolute Gasteiger partial charge is 0.335 e. The highest BCUT2D eigenvalue weighted by atomic mass is 32.2. The largest absolute Gasteiger partial charge is 0.481 e. The van der Waals surface area contributed by atoms with Gasteiger partial charge in [-0.1, -0.05) is 24.2 Å². The fourth-order valence-corrected chi connectivity index (χ4v) is 3.04. The summed E-state index contributed by atoms with van der Waals surface area (Å²) in [5, 5.41) is 9.52. The molecule has 124 valence electrons. The Morgan fingerprint density at radius 3 is 2.36 bits per heavy atom. The zero-order chi connectivity index (χ0) is 17.1. The molecule has 0 aliphatic carbocycles. The van der Waals surface area contributed by atoms with Crippen molar-refractivity contribution in [2.75, 3.05) is 20.5 Å². The molecule has 0 amide bonds. The maximum Gasteiger partial charge on any atom is 0.335 e. The van der Waals surface area contributed by atoms with E-state index in [1.807, 2.05) is 6.92 Å². The van der Waals surface area contributed by atoms with Crippen molar-refractivity contribution < 1.29 is 31.8 Å². The van der Waals surface area contributed by atoms with E-state index in [1.54, 1.807) is 6.92 Å². The van der Waals surface area contributed by atoms with E-state index >= 15 is 0 Å². The predicted molar refractivity (Wildman–Crippen MR) is 77.6 cm³/mol. The lowest BCUT2D eigenvalue weighted by molar-refractivity contribution is -0.535. The zero-order valence-corrected chi connectivity index (χ0v) is 14.0. The van der Waals surface area contributed by atoms with Crippen molar-refractivity contribution in [2.24, 2.45) is 5.92 Å². The van der Waals surface area contributed by atoms with Crippen molar-refractivity contribution in [3.05, 3.63) is 11.9 Å². The minimum atomic E-state index is -3.81. The Balaban J connectivity index is 3.78. The van der Waals surface area contributed by atoms with E-state index in [0.29, 0.717) is 6.42 Å². The van der Waals surface area contributed by atoms with Crippen molar-refractivity contribution in [3.8, 4) is 11.8 Å². The summed E-state index contributed by atoms with van der Waals surface area (Å²) in [4.78, 5) is 15.7. The molecule has 0 radical (unpaired) electrons. The van der Waals surface area contributed by atoms with Gasteiger partial charge in [0.15, 0.2) is 5.92 Å². The number of methoxy groups -OCH3 is 2. The lowest BCUT2D eigenvalue weighted by Crippen LogP contribution is -2.50. The average molecular weight is 333 g/mol. The van der Waals surface area contributed by atoms with Crippen molar-refractivity contribution in [1.29, 1.82) is 0 Å². The topological polar surface area (TPSA) is 107 Å². The number of aromatic nitrogens is 2. The second-order valence-corrected chi connectivity index (χ2v) is 6.76. The molecule has 1 aromatic heterocycles. The van der Waals surface area contributed by atoms with Gasteiger partial charge in [-0.25, -0.2) is 0 Å². The van der Waals surface area contributed by atoms with Crippen LogP contribution in [0.5, 0.6) is 11.8 Å². The number of nitrogens with zero attached hydrogens (tertiary/aromatic N) is 2. The number of hydrogen-bond acceptors (Lipinski definition) is 6. The van der Waals surface area contributed by atoms with E-state index in [9.17, 15) is 18.3 Å². The lowest BCUT2D eigenvalue weighted by atomic mass is 9.91. The highest BCUT2D eigenvalue weighted by Crippen LogP contribution is 2.27. The first-order chi connectivity index (χ1) is 10.2. The number of carboxylic acids is 1. The Bertz CT molecular complexity index is 659. The first-order valence-electron chi connectivity index (χ1n) is 6.65. The van der Waals surface area contributed by atoms with E-state index in [4.69, 9.17) is 9.47 Å². The van der Waals surface area contributed by atoms with Gasteiger partial charge in [0, 0.05) is 0 Å². The molecule has 0 saturated heterocycles. The van der Waals surface area contributed by atoms with Crippen LogP contribution in [0.4, 0.5) is 0 Å². The van der Waals surface area contributed by atoms with Gasteiger partial charge in [-0.05, 0) is 10.9 Å². The van der Waals surface area contributed by atoms with E-state index < -0.39 is 21.9 Å². The van der Waals surface area contributed by atoms with E-state index in [1.165, 1.54) is 20.3 Å². The first kappa shape index (κ1) is 18.1. The van der Waals surface area contributed by atoms with Gasteiger partial charge in [-0.15, -0.1) is 0 Å². The van der Waals surface area contributed by atoms with Gasteiger partial charge in [0.1, 0.15) is 6.07 Å². The molecule has 0 aliphatic heterocycles. The molecule has 0 spiro atoms. The standard InChI is InChI=1S/C13H20N2O6S/c1-6-8(2)11(13(16)17)12-14-9(20-3)7-10(21-4)15(12)22(5,18)19/h7-8,11H,6H2,1-5H3/p+1. The lowest BCUT2D eigenvalue weighted by Gasteiger charge is -2.17. The maximum absolute atomic E-state index is 12.1. The number of hydrogen-bond donors (Lipinski definition) is 1. The molecule has 1 N–H and O–H groups in total. The molecular weight excluding hydrogens is 312 g/mol. The number of carbonyl (C=O) groups is 1. The van der Waals surface area contributed by atoms with Crippen molar-refractivity contribution in [1.82, 2.24) is 4.98 Å². The van der Waals surface area contributed by atoms with Gasteiger partial charge in [-0.3, -0.25) is 4.79 Å². The minimum absolute atomic E-state index is 0.0566. The number of rotatable bonds is 7. The summed E-state index contributed by atoms with van der Waals surface area (Å²) in [5.74, 6) is -2.70. The van der Waals surface area contributed by atoms with Crippen LogP contribution in [0.1, 0.15) is 32.0 Å². The van der Waals surface area contributed by atoms with Gasteiger partial charge >= 0.3 is 33.6 Å². The van der Waals surface area contributed by atoms with Crippen molar-refractivity contribution in [3.63, 3.8) is 0 Å². The highest BCUT2D eigenvalue weighted by molar-refractivity contribution is 7.84. The van der Waals surface area contributed by atoms with E-state index in [-0.39, 0.29) is 23.5 Å². The van der Waals surface area contributed by atoms with Crippen molar-refractivity contribution >= 4 is 16.0 Å². The summed E-state index contributed by atoms with van der Waals surface area (Å²) in [6.45, 7) is 3.54. The van der Waals surface area contributed by atoms with Crippen LogP contribution >= 0.6 is 0 Å². The number of aliphatic carboxylic acids is 1. The summed E-state index contributed by atoms with van der Waals surface area (Å²) in [5.41, 5.74) is 0. The molecule has 0 aliphatic rings. The van der Waals surface area contributed by atoms with Crippen LogP contribution in [0, 0.1) is 5.92 Å². The summed E-state index contributed by atoms with van der Waals surface area (Å²) in [6.07, 6.45) is 1.50. The van der Waals surface area contributed by atoms with Gasteiger partial charge in [0.2, 0.25) is 0 Å². The molecule has 22 heavy (non-hydrogen) atoms. The molecule has 2 atom stereocenters. The van der Waals surface area contributed by atoms with Crippen LogP contribution in [0.15, 0.2) is 6.07 Å². The predicted octanol–water partition coefficient (Wildman–Crippen LogP) is 0.408. The molecule has 0 saturated carbocycles. The third-order valence-electron chi connectivity index (χ3n) is 3.39. The van der Waals surface area contributed by atoms with Gasteiger partial charge < -0.3 is 14.6 Å². The maximum atomic E-state index is 12.1. The Labute approximate surface area is 129 Å². The van der Waals surface area contributed by atoms with E-state index in [2.05, 4.69) is 4.98 Å². The third kappa shape index (κ3) is 3.65. The monoisotopic (exact) mass is 333 g/mol. The molecule has 1 rings (SSSR count). The fraction of sp³-hybridized carbons (Fsp3) is 0.615. The summed E-state index contributed by atoms with van der Waals surface area (Å²) < 4.78 is 35.1. The molecule has 0 bridgehead atoms. The molecular formula is C13H21N2O6S+. The molecule has 0 fully saturated rings. The van der Waals surface area contributed by atoms with Crippen LogP contribution < -0.4 is 13.4 Å². The Morgan fingerprint density at radius 1 is 1.41 bits per heavy atom. The summed E-state index contributed by atoms with van der Waals surface area (Å²) in [6, 6.07) is 1.29. The fourth-order valence-electron chi connectivity index (χ4n) is 2.09. The summed E-state index contributed by atoms with van der Waals surface area (Å²) >= 11 is 0.